The summed E-state index contributed by atoms with van der Waals surface area (Å²) in [5.41, 5.74) is 2.56. The predicted molar refractivity (Wildman–Crippen MR) is 107 cm³/mol. The van der Waals surface area contributed by atoms with E-state index in [0.717, 1.165) is 32.2 Å². The van der Waals surface area contributed by atoms with Crippen molar-refractivity contribution < 1.29 is 4.79 Å². The second-order valence-electron chi connectivity index (χ2n) is 6.88. The molecule has 1 aliphatic heterocycles. The van der Waals surface area contributed by atoms with E-state index in [0.29, 0.717) is 6.54 Å². The topological polar surface area (TPSA) is 32.3 Å². The maximum Gasteiger partial charge on any atom is 0.240 e. The SMILES string of the molecule is C=CCN1C(=O)C(NCCCc2ccccc2)CCC1c1ccccc1. The Morgan fingerprint density at radius 3 is 2.42 bits per heavy atom. The minimum atomic E-state index is -0.0781. The fourth-order valence-electron chi connectivity index (χ4n) is 3.74. The molecule has 1 fully saturated rings. The number of rotatable bonds is 8. The zero-order valence-electron chi connectivity index (χ0n) is 15.3. The number of hydrogen-bond donors (Lipinski definition) is 1. The number of likely N-dealkylation sites (tertiary alicyclic amines) is 1. The van der Waals surface area contributed by atoms with E-state index in [1.54, 1.807) is 0 Å². The summed E-state index contributed by atoms with van der Waals surface area (Å²) >= 11 is 0. The predicted octanol–water partition coefficient (Wildman–Crippen LogP) is 4.13. The normalized spacial score (nSPS) is 20.2. The van der Waals surface area contributed by atoms with Crippen LogP contribution in [0.15, 0.2) is 73.3 Å². The molecule has 0 bridgehead atoms. The van der Waals surface area contributed by atoms with Gasteiger partial charge in [0.25, 0.3) is 0 Å². The molecule has 3 nitrogen and oxygen atoms in total. The standard InChI is InChI=1S/C23H28N2O/c1-2-18-25-22(20-13-7-4-8-14-20)16-15-21(23(25)26)24-17-9-12-19-10-5-3-6-11-19/h2-8,10-11,13-14,21-22,24H,1,9,12,15-18H2. The smallest absolute Gasteiger partial charge is 0.240 e. The van der Waals surface area contributed by atoms with E-state index in [1.165, 1.54) is 11.1 Å². The third-order valence-electron chi connectivity index (χ3n) is 5.07. The highest BCUT2D eigenvalue weighted by Crippen LogP contribution is 2.31. The van der Waals surface area contributed by atoms with Gasteiger partial charge in [-0.3, -0.25) is 4.79 Å². The fraction of sp³-hybridized carbons (Fsp3) is 0.348. The Morgan fingerprint density at radius 2 is 1.73 bits per heavy atom. The number of carbonyl (C=O) groups is 1. The number of carbonyl (C=O) groups excluding carboxylic acids is 1. The first-order valence-corrected chi connectivity index (χ1v) is 9.53. The molecule has 2 aromatic carbocycles. The van der Waals surface area contributed by atoms with Gasteiger partial charge in [0.2, 0.25) is 5.91 Å². The van der Waals surface area contributed by atoms with Gasteiger partial charge in [-0.1, -0.05) is 66.7 Å². The van der Waals surface area contributed by atoms with Gasteiger partial charge in [0.15, 0.2) is 0 Å². The van der Waals surface area contributed by atoms with Crippen molar-refractivity contribution in [2.75, 3.05) is 13.1 Å². The fourth-order valence-corrected chi connectivity index (χ4v) is 3.74. The summed E-state index contributed by atoms with van der Waals surface area (Å²) < 4.78 is 0. The average molecular weight is 348 g/mol. The molecule has 3 rings (SSSR count). The van der Waals surface area contributed by atoms with Crippen LogP contribution in [0.25, 0.3) is 0 Å². The number of amides is 1. The minimum absolute atomic E-state index is 0.0781. The van der Waals surface area contributed by atoms with Crippen LogP contribution < -0.4 is 5.32 Å². The lowest BCUT2D eigenvalue weighted by Crippen LogP contribution is -2.52. The van der Waals surface area contributed by atoms with Gasteiger partial charge < -0.3 is 10.2 Å². The Hall–Kier alpha value is -2.39. The molecule has 136 valence electrons. The van der Waals surface area contributed by atoms with Crippen LogP contribution in [0.1, 0.15) is 36.4 Å². The average Bonchev–Trinajstić information content (AvgIpc) is 2.69. The maximum absolute atomic E-state index is 13.0. The molecular weight excluding hydrogens is 320 g/mol. The highest BCUT2D eigenvalue weighted by atomic mass is 16.2. The first-order valence-electron chi connectivity index (χ1n) is 9.53. The quantitative estimate of drug-likeness (QED) is 0.575. The molecule has 1 amide bonds. The summed E-state index contributed by atoms with van der Waals surface area (Å²) in [6.45, 7) is 5.30. The maximum atomic E-state index is 13.0. The minimum Gasteiger partial charge on any atom is -0.331 e. The van der Waals surface area contributed by atoms with Gasteiger partial charge in [-0.2, -0.15) is 0 Å². The van der Waals surface area contributed by atoms with E-state index in [4.69, 9.17) is 0 Å². The van der Waals surface area contributed by atoms with Crippen molar-refractivity contribution in [3.05, 3.63) is 84.4 Å². The number of piperidine rings is 1. The second kappa shape index (κ2) is 9.35. The molecule has 2 aromatic rings. The van der Waals surface area contributed by atoms with Gasteiger partial charge in [-0.05, 0) is 43.4 Å². The van der Waals surface area contributed by atoms with E-state index in [1.807, 2.05) is 35.2 Å². The van der Waals surface area contributed by atoms with E-state index < -0.39 is 0 Å². The van der Waals surface area contributed by atoms with Crippen molar-refractivity contribution in [3.63, 3.8) is 0 Å². The molecule has 1 aliphatic rings. The Kier molecular flexibility index (Phi) is 6.62. The molecule has 0 aromatic heterocycles. The van der Waals surface area contributed by atoms with Gasteiger partial charge in [0.05, 0.1) is 12.1 Å². The van der Waals surface area contributed by atoms with Crippen LogP contribution >= 0.6 is 0 Å². The summed E-state index contributed by atoms with van der Waals surface area (Å²) in [6, 6.07) is 20.9. The van der Waals surface area contributed by atoms with Crippen molar-refractivity contribution in [3.8, 4) is 0 Å². The molecule has 26 heavy (non-hydrogen) atoms. The zero-order valence-corrected chi connectivity index (χ0v) is 15.3. The molecule has 0 spiro atoms. The summed E-state index contributed by atoms with van der Waals surface area (Å²) in [4.78, 5) is 15.0. The molecule has 1 saturated heterocycles. The Labute approximate surface area is 156 Å². The third kappa shape index (κ3) is 4.61. The molecule has 0 aliphatic carbocycles. The summed E-state index contributed by atoms with van der Waals surface area (Å²) in [5.74, 6) is 0.199. The van der Waals surface area contributed by atoms with Crippen LogP contribution in [0, 0.1) is 0 Å². The van der Waals surface area contributed by atoms with Gasteiger partial charge >= 0.3 is 0 Å². The second-order valence-corrected chi connectivity index (χ2v) is 6.88. The van der Waals surface area contributed by atoms with Crippen molar-refractivity contribution >= 4 is 5.91 Å². The van der Waals surface area contributed by atoms with Gasteiger partial charge in [0, 0.05) is 6.54 Å². The van der Waals surface area contributed by atoms with Crippen LogP contribution in [-0.2, 0) is 11.2 Å². The van der Waals surface area contributed by atoms with Crippen molar-refractivity contribution in [1.82, 2.24) is 10.2 Å². The molecule has 2 unspecified atom stereocenters. The molecule has 1 heterocycles. The van der Waals surface area contributed by atoms with Crippen LogP contribution in [0.4, 0.5) is 0 Å². The van der Waals surface area contributed by atoms with Crippen LogP contribution in [-0.4, -0.2) is 29.9 Å². The van der Waals surface area contributed by atoms with Crippen LogP contribution in [0.3, 0.4) is 0 Å². The lowest BCUT2D eigenvalue weighted by atomic mass is 9.92. The van der Waals surface area contributed by atoms with Gasteiger partial charge in [0.1, 0.15) is 0 Å². The van der Waals surface area contributed by atoms with E-state index in [9.17, 15) is 4.79 Å². The molecule has 0 saturated carbocycles. The summed E-state index contributed by atoms with van der Waals surface area (Å²) in [5, 5.41) is 3.48. The van der Waals surface area contributed by atoms with Crippen molar-refractivity contribution in [2.45, 2.75) is 37.8 Å². The molecule has 3 heteroatoms. The Morgan fingerprint density at radius 1 is 1.04 bits per heavy atom. The highest BCUT2D eigenvalue weighted by molar-refractivity contribution is 5.83. The molecular formula is C23H28N2O. The molecule has 2 atom stereocenters. The number of nitrogens with one attached hydrogen (secondary N) is 1. The van der Waals surface area contributed by atoms with Crippen LogP contribution in [0.5, 0.6) is 0 Å². The largest absolute Gasteiger partial charge is 0.331 e. The summed E-state index contributed by atoms with van der Waals surface area (Å²) in [6.07, 6.45) is 5.78. The van der Waals surface area contributed by atoms with Crippen molar-refractivity contribution in [2.24, 2.45) is 0 Å². The lowest BCUT2D eigenvalue weighted by Gasteiger charge is -2.39. The van der Waals surface area contributed by atoms with Gasteiger partial charge in [-0.15, -0.1) is 6.58 Å². The number of benzene rings is 2. The Bertz CT molecular complexity index is 699. The lowest BCUT2D eigenvalue weighted by molar-refractivity contribution is -0.138. The number of hydrogen-bond acceptors (Lipinski definition) is 2. The van der Waals surface area contributed by atoms with E-state index >= 15 is 0 Å². The van der Waals surface area contributed by atoms with E-state index in [-0.39, 0.29) is 18.0 Å². The zero-order chi connectivity index (χ0) is 18.2. The highest BCUT2D eigenvalue weighted by Gasteiger charge is 2.34. The first kappa shape index (κ1) is 18.4. The summed E-state index contributed by atoms with van der Waals surface area (Å²) in [7, 11) is 0. The first-order chi connectivity index (χ1) is 12.8. The number of aryl methyl sites for hydroxylation is 1. The van der Waals surface area contributed by atoms with Gasteiger partial charge in [-0.25, -0.2) is 0 Å². The Balaban J connectivity index is 1.55. The third-order valence-corrected chi connectivity index (χ3v) is 5.07. The van der Waals surface area contributed by atoms with Crippen molar-refractivity contribution in [1.29, 1.82) is 0 Å². The van der Waals surface area contributed by atoms with E-state index in [2.05, 4.69) is 48.3 Å². The number of nitrogens with zero attached hydrogens (tertiary/aromatic N) is 1. The molecule has 0 radical (unpaired) electrons. The van der Waals surface area contributed by atoms with Crippen LogP contribution in [0.2, 0.25) is 0 Å². The molecule has 1 N–H and O–H groups in total. The monoisotopic (exact) mass is 348 g/mol.